The van der Waals surface area contributed by atoms with Crippen LogP contribution in [0.2, 0.25) is 0 Å². The van der Waals surface area contributed by atoms with Crippen molar-refractivity contribution in [2.75, 3.05) is 0 Å². The van der Waals surface area contributed by atoms with Gasteiger partial charge >= 0.3 is 0 Å². The average molecular weight is 338 g/mol. The molecular formula is C18H34N4O2. The summed E-state index contributed by atoms with van der Waals surface area (Å²) in [6.45, 7) is 8.40. The number of unbranched alkanes of at least 4 members (excludes halogenated alkanes) is 1. The molecule has 0 fully saturated rings. The van der Waals surface area contributed by atoms with Crippen molar-refractivity contribution in [2.45, 2.75) is 79.1 Å². The van der Waals surface area contributed by atoms with Gasteiger partial charge in [0.15, 0.2) is 0 Å². The normalized spacial score (nSPS) is 11.8. The van der Waals surface area contributed by atoms with Gasteiger partial charge in [-0.1, -0.05) is 27.7 Å². The van der Waals surface area contributed by atoms with Crippen LogP contribution in [0.15, 0.2) is 10.2 Å². The number of rotatable bonds is 13. The third-order valence-corrected chi connectivity index (χ3v) is 4.10. The minimum atomic E-state index is -0.107. The van der Waals surface area contributed by atoms with Crippen LogP contribution in [0.1, 0.15) is 79.1 Å². The Morgan fingerprint density at radius 2 is 1.08 bits per heavy atom. The minimum absolute atomic E-state index is 0.107. The molecule has 0 aromatic rings. The van der Waals surface area contributed by atoms with Gasteiger partial charge in [0.25, 0.3) is 0 Å². The third kappa shape index (κ3) is 11.8. The molecule has 6 heteroatoms. The van der Waals surface area contributed by atoms with Crippen molar-refractivity contribution in [3.63, 3.8) is 0 Å². The molecule has 0 aromatic heterocycles. The van der Waals surface area contributed by atoms with Gasteiger partial charge in [0.05, 0.1) is 0 Å². The molecule has 0 aliphatic carbocycles. The summed E-state index contributed by atoms with van der Waals surface area (Å²) in [5, 5.41) is 7.95. The molecular weight excluding hydrogens is 304 g/mol. The lowest BCUT2D eigenvalue weighted by molar-refractivity contribution is -0.123. The van der Waals surface area contributed by atoms with Crippen molar-refractivity contribution in [1.82, 2.24) is 10.9 Å². The lowest BCUT2D eigenvalue weighted by atomic mass is 10.1. The van der Waals surface area contributed by atoms with E-state index in [1.165, 1.54) is 0 Å². The van der Waals surface area contributed by atoms with Crippen LogP contribution in [0.5, 0.6) is 0 Å². The molecule has 138 valence electrons. The molecule has 0 unspecified atom stereocenters. The zero-order valence-electron chi connectivity index (χ0n) is 15.7. The van der Waals surface area contributed by atoms with Gasteiger partial charge in [0.2, 0.25) is 11.8 Å². The summed E-state index contributed by atoms with van der Waals surface area (Å²) in [7, 11) is 0. The van der Waals surface area contributed by atoms with Crippen LogP contribution in [-0.4, -0.2) is 24.2 Å². The van der Waals surface area contributed by atoms with Gasteiger partial charge in [0.1, 0.15) is 0 Å². The molecule has 0 rings (SSSR count). The summed E-state index contributed by atoms with van der Waals surface area (Å²) in [5.74, 6) is 0.609. The fourth-order valence-corrected chi connectivity index (χ4v) is 2.11. The van der Waals surface area contributed by atoms with Crippen LogP contribution in [0, 0.1) is 11.8 Å². The molecule has 2 amide bonds. The molecule has 0 aromatic carbocycles. The highest BCUT2D eigenvalue weighted by atomic mass is 16.2. The summed E-state index contributed by atoms with van der Waals surface area (Å²) in [5.41, 5.74) is 5.07. The molecule has 24 heavy (non-hydrogen) atoms. The quantitative estimate of drug-likeness (QED) is 0.305. The van der Waals surface area contributed by atoms with Gasteiger partial charge in [-0.25, -0.2) is 10.9 Å². The van der Waals surface area contributed by atoms with Crippen LogP contribution in [0.25, 0.3) is 0 Å². The van der Waals surface area contributed by atoms with Crippen molar-refractivity contribution in [3.8, 4) is 0 Å². The first-order valence-electron chi connectivity index (χ1n) is 9.21. The average Bonchev–Trinajstić information content (AvgIpc) is 2.59. The maximum atomic E-state index is 11.6. The predicted octanol–water partition coefficient (Wildman–Crippen LogP) is 3.62. The van der Waals surface area contributed by atoms with Crippen LogP contribution in [0.4, 0.5) is 0 Å². The van der Waals surface area contributed by atoms with Gasteiger partial charge in [0, 0.05) is 25.3 Å². The molecule has 0 spiro atoms. The summed E-state index contributed by atoms with van der Waals surface area (Å²) in [6.07, 6.45) is 9.75. The van der Waals surface area contributed by atoms with Crippen molar-refractivity contribution < 1.29 is 9.59 Å². The topological polar surface area (TPSA) is 82.9 Å². The third-order valence-electron chi connectivity index (χ3n) is 4.10. The number of hydrogen-bond acceptors (Lipinski definition) is 4. The Morgan fingerprint density at radius 1 is 0.750 bits per heavy atom. The Morgan fingerprint density at radius 3 is 1.38 bits per heavy atom. The zero-order chi connectivity index (χ0) is 18.2. The van der Waals surface area contributed by atoms with Crippen LogP contribution >= 0.6 is 0 Å². The molecule has 0 radical (unpaired) electrons. The SMILES string of the molecule is CCC(C=NNC(=O)CCCCC(=O)NN=CC(CC)CC)CC. The number of nitrogens with zero attached hydrogens (tertiary/aromatic N) is 2. The molecule has 0 saturated carbocycles. The molecule has 0 heterocycles. The molecule has 2 N–H and O–H groups in total. The first-order chi connectivity index (χ1) is 11.6. The number of carbonyl (C=O) groups is 2. The highest BCUT2D eigenvalue weighted by Crippen LogP contribution is 2.04. The Kier molecular flexibility index (Phi) is 13.8. The van der Waals surface area contributed by atoms with Crippen molar-refractivity contribution in [1.29, 1.82) is 0 Å². The predicted molar refractivity (Wildman–Crippen MR) is 99.9 cm³/mol. The van der Waals surface area contributed by atoms with Crippen molar-refractivity contribution in [3.05, 3.63) is 0 Å². The lowest BCUT2D eigenvalue weighted by Gasteiger charge is -2.05. The Bertz CT molecular complexity index is 362. The summed E-state index contributed by atoms with van der Waals surface area (Å²) >= 11 is 0. The number of hydrazone groups is 2. The molecule has 0 aliphatic rings. The van der Waals surface area contributed by atoms with E-state index in [1.807, 2.05) is 0 Å². The lowest BCUT2D eigenvalue weighted by Crippen LogP contribution is -2.19. The monoisotopic (exact) mass is 338 g/mol. The van der Waals surface area contributed by atoms with E-state index in [0.717, 1.165) is 25.7 Å². The summed E-state index contributed by atoms with van der Waals surface area (Å²) in [6, 6.07) is 0. The number of amides is 2. The maximum absolute atomic E-state index is 11.6. The fourth-order valence-electron chi connectivity index (χ4n) is 2.11. The largest absolute Gasteiger partial charge is 0.273 e. The second kappa shape index (κ2) is 14.8. The standard InChI is InChI=1S/C18H34N4O2/c1-5-15(6-2)13-19-21-17(23)11-9-10-12-18(24)22-20-14-16(7-3)8-4/h13-16H,5-12H2,1-4H3,(H,21,23)(H,22,24). The van der Waals surface area contributed by atoms with E-state index in [0.29, 0.717) is 37.5 Å². The van der Waals surface area contributed by atoms with E-state index in [2.05, 4.69) is 48.7 Å². The molecule has 0 atom stereocenters. The highest BCUT2D eigenvalue weighted by molar-refractivity contribution is 5.78. The minimum Gasteiger partial charge on any atom is -0.273 e. The van der Waals surface area contributed by atoms with Gasteiger partial charge in [-0.15, -0.1) is 0 Å². The van der Waals surface area contributed by atoms with E-state index in [1.54, 1.807) is 12.4 Å². The van der Waals surface area contributed by atoms with E-state index in [4.69, 9.17) is 0 Å². The Hall–Kier alpha value is -1.72. The maximum Gasteiger partial charge on any atom is 0.240 e. The van der Waals surface area contributed by atoms with Gasteiger partial charge in [-0.05, 0) is 50.4 Å². The van der Waals surface area contributed by atoms with Crippen molar-refractivity contribution in [2.24, 2.45) is 22.0 Å². The second-order valence-corrected chi connectivity index (χ2v) is 5.99. The van der Waals surface area contributed by atoms with Crippen LogP contribution in [0.3, 0.4) is 0 Å². The summed E-state index contributed by atoms with van der Waals surface area (Å²) in [4.78, 5) is 23.2. The molecule has 0 bridgehead atoms. The first kappa shape index (κ1) is 22.3. The van der Waals surface area contributed by atoms with Crippen molar-refractivity contribution >= 4 is 24.2 Å². The fraction of sp³-hybridized carbons (Fsp3) is 0.778. The van der Waals surface area contributed by atoms with E-state index in [-0.39, 0.29) is 11.8 Å². The van der Waals surface area contributed by atoms with E-state index in [9.17, 15) is 9.59 Å². The second-order valence-electron chi connectivity index (χ2n) is 5.99. The number of nitrogens with one attached hydrogen (secondary N) is 2. The molecule has 0 saturated heterocycles. The van der Waals surface area contributed by atoms with E-state index >= 15 is 0 Å². The smallest absolute Gasteiger partial charge is 0.240 e. The highest BCUT2D eigenvalue weighted by Gasteiger charge is 2.04. The molecule has 0 aliphatic heterocycles. The Labute approximate surface area is 146 Å². The van der Waals surface area contributed by atoms with Crippen LogP contribution < -0.4 is 10.9 Å². The van der Waals surface area contributed by atoms with Gasteiger partial charge < -0.3 is 0 Å². The number of hydrogen-bond donors (Lipinski definition) is 2. The van der Waals surface area contributed by atoms with Gasteiger partial charge in [-0.2, -0.15) is 10.2 Å². The molecule has 6 nitrogen and oxygen atoms in total. The van der Waals surface area contributed by atoms with Gasteiger partial charge in [-0.3, -0.25) is 9.59 Å². The summed E-state index contributed by atoms with van der Waals surface area (Å²) < 4.78 is 0. The van der Waals surface area contributed by atoms with Crippen LogP contribution in [-0.2, 0) is 9.59 Å². The van der Waals surface area contributed by atoms with E-state index < -0.39 is 0 Å². The zero-order valence-corrected chi connectivity index (χ0v) is 15.7. The first-order valence-corrected chi connectivity index (χ1v) is 9.21. The number of carbonyl (C=O) groups excluding carboxylic acids is 2. The Balaban J connectivity index is 3.77.